The molecule has 2 N–H and O–H groups in total. The Hall–Kier alpha value is -4.14. The van der Waals surface area contributed by atoms with Crippen LogP contribution in [0.2, 0.25) is 0 Å². The molecule has 0 unspecified atom stereocenters. The highest BCUT2D eigenvalue weighted by molar-refractivity contribution is 6.10. The minimum Gasteiger partial charge on any atom is -0.496 e. The van der Waals surface area contributed by atoms with Crippen LogP contribution < -0.4 is 24.8 Å². The Kier molecular flexibility index (Phi) is 9.21. The fourth-order valence-corrected chi connectivity index (χ4v) is 3.31. The first kappa shape index (κ1) is 26.5. The van der Waals surface area contributed by atoms with Crippen molar-refractivity contribution in [1.29, 1.82) is 0 Å². The summed E-state index contributed by atoms with van der Waals surface area (Å²) in [7, 11) is 1.36. The third-order valence-electron chi connectivity index (χ3n) is 5.06. The van der Waals surface area contributed by atoms with Crippen molar-refractivity contribution in [2.24, 2.45) is 0 Å². The Morgan fingerprint density at radius 2 is 1.28 bits per heavy atom. The summed E-state index contributed by atoms with van der Waals surface area (Å²) in [5, 5.41) is 5.01. The first-order chi connectivity index (χ1) is 17.4. The molecule has 0 spiro atoms. The molecular weight excluding hydrogens is 470 g/mol. The van der Waals surface area contributed by atoms with Crippen molar-refractivity contribution < 1.29 is 32.6 Å². The SMILES string of the molecule is CCCOc1cccc(F)c1NC(=O)c1ccc(OC)c(C(=O)Nc2c(F)cccc2OCCC)c1. The predicted octanol–water partition coefficient (Wildman–Crippen LogP) is 6.06. The number of methoxy groups -OCH3 is 1. The van der Waals surface area contributed by atoms with Crippen LogP contribution in [0.1, 0.15) is 47.4 Å². The average Bonchev–Trinajstić information content (AvgIpc) is 2.88. The van der Waals surface area contributed by atoms with Gasteiger partial charge < -0.3 is 24.8 Å². The summed E-state index contributed by atoms with van der Waals surface area (Å²) < 4.78 is 45.3. The quantitative estimate of drug-likeness (QED) is 0.336. The second-order valence-corrected chi connectivity index (χ2v) is 7.75. The number of carbonyl (C=O) groups is 2. The number of carbonyl (C=O) groups excluding carboxylic acids is 2. The molecule has 0 aliphatic heterocycles. The van der Waals surface area contributed by atoms with E-state index < -0.39 is 23.4 Å². The molecule has 190 valence electrons. The van der Waals surface area contributed by atoms with Gasteiger partial charge in [0.25, 0.3) is 11.8 Å². The second-order valence-electron chi connectivity index (χ2n) is 7.75. The molecule has 3 aromatic rings. The minimum atomic E-state index is -0.717. The molecule has 0 heterocycles. The third kappa shape index (κ3) is 6.29. The molecule has 36 heavy (non-hydrogen) atoms. The van der Waals surface area contributed by atoms with Crippen LogP contribution in [0, 0.1) is 11.6 Å². The molecule has 0 atom stereocenters. The number of hydrogen-bond acceptors (Lipinski definition) is 5. The molecule has 2 amide bonds. The first-order valence-corrected chi connectivity index (χ1v) is 11.5. The number of nitrogens with one attached hydrogen (secondary N) is 2. The van der Waals surface area contributed by atoms with Crippen molar-refractivity contribution in [3.05, 3.63) is 77.4 Å². The van der Waals surface area contributed by atoms with E-state index in [0.29, 0.717) is 26.1 Å². The zero-order chi connectivity index (χ0) is 26.1. The molecule has 3 aromatic carbocycles. The zero-order valence-electron chi connectivity index (χ0n) is 20.3. The Balaban J connectivity index is 1.89. The van der Waals surface area contributed by atoms with Crippen LogP contribution >= 0.6 is 0 Å². The fourth-order valence-electron chi connectivity index (χ4n) is 3.31. The van der Waals surface area contributed by atoms with Crippen LogP contribution in [-0.2, 0) is 0 Å². The molecule has 0 saturated carbocycles. The van der Waals surface area contributed by atoms with Crippen molar-refractivity contribution in [3.63, 3.8) is 0 Å². The number of benzene rings is 3. The van der Waals surface area contributed by atoms with Gasteiger partial charge in [0.2, 0.25) is 0 Å². The molecule has 0 saturated heterocycles. The van der Waals surface area contributed by atoms with Crippen molar-refractivity contribution in [3.8, 4) is 17.2 Å². The summed E-state index contributed by atoms with van der Waals surface area (Å²) in [4.78, 5) is 26.1. The summed E-state index contributed by atoms with van der Waals surface area (Å²) >= 11 is 0. The van der Waals surface area contributed by atoms with Gasteiger partial charge in [-0.2, -0.15) is 0 Å². The Morgan fingerprint density at radius 3 is 1.78 bits per heavy atom. The lowest BCUT2D eigenvalue weighted by molar-refractivity contribution is 0.102. The van der Waals surface area contributed by atoms with Gasteiger partial charge >= 0.3 is 0 Å². The highest BCUT2D eigenvalue weighted by Gasteiger charge is 2.21. The van der Waals surface area contributed by atoms with Gasteiger partial charge in [-0.15, -0.1) is 0 Å². The van der Waals surface area contributed by atoms with E-state index in [0.717, 1.165) is 0 Å². The molecular formula is C27H28F2N2O5. The highest BCUT2D eigenvalue weighted by Crippen LogP contribution is 2.31. The lowest BCUT2D eigenvalue weighted by atomic mass is 10.1. The minimum absolute atomic E-state index is 0.0224. The molecule has 3 rings (SSSR count). The van der Waals surface area contributed by atoms with Crippen molar-refractivity contribution in [1.82, 2.24) is 0 Å². The van der Waals surface area contributed by atoms with E-state index in [1.54, 1.807) is 12.1 Å². The Morgan fingerprint density at radius 1 is 0.750 bits per heavy atom. The summed E-state index contributed by atoms with van der Waals surface area (Å²) in [6.45, 7) is 4.49. The van der Waals surface area contributed by atoms with Crippen LogP contribution in [0.15, 0.2) is 54.6 Å². The van der Waals surface area contributed by atoms with E-state index in [4.69, 9.17) is 14.2 Å². The number of ether oxygens (including phenoxy) is 3. The van der Waals surface area contributed by atoms with Crippen LogP contribution in [0.4, 0.5) is 20.2 Å². The average molecular weight is 499 g/mol. The Bertz CT molecular complexity index is 1230. The maximum absolute atomic E-state index is 14.5. The summed E-state index contributed by atoms with van der Waals surface area (Å²) in [5.74, 6) is -2.20. The van der Waals surface area contributed by atoms with Crippen molar-refractivity contribution in [2.75, 3.05) is 31.0 Å². The van der Waals surface area contributed by atoms with E-state index in [2.05, 4.69) is 10.6 Å². The lowest BCUT2D eigenvalue weighted by Crippen LogP contribution is -2.18. The molecule has 0 radical (unpaired) electrons. The first-order valence-electron chi connectivity index (χ1n) is 11.5. The number of anilines is 2. The van der Waals surface area contributed by atoms with Crippen LogP contribution in [0.3, 0.4) is 0 Å². The normalized spacial score (nSPS) is 10.5. The molecule has 0 aliphatic carbocycles. The monoisotopic (exact) mass is 498 g/mol. The molecule has 9 heteroatoms. The topological polar surface area (TPSA) is 85.9 Å². The second kappa shape index (κ2) is 12.5. The van der Waals surface area contributed by atoms with E-state index in [9.17, 15) is 18.4 Å². The zero-order valence-corrected chi connectivity index (χ0v) is 20.3. The van der Waals surface area contributed by atoms with Crippen LogP contribution in [0.25, 0.3) is 0 Å². The van der Waals surface area contributed by atoms with Crippen LogP contribution in [-0.4, -0.2) is 32.1 Å². The maximum Gasteiger partial charge on any atom is 0.259 e. The largest absolute Gasteiger partial charge is 0.496 e. The molecule has 0 bridgehead atoms. The third-order valence-corrected chi connectivity index (χ3v) is 5.06. The van der Waals surface area contributed by atoms with E-state index >= 15 is 0 Å². The lowest BCUT2D eigenvalue weighted by Gasteiger charge is -2.15. The van der Waals surface area contributed by atoms with Gasteiger partial charge in [-0.25, -0.2) is 8.78 Å². The van der Waals surface area contributed by atoms with Gasteiger partial charge in [-0.05, 0) is 55.3 Å². The van der Waals surface area contributed by atoms with Gasteiger partial charge in [-0.1, -0.05) is 26.0 Å². The van der Waals surface area contributed by atoms with E-state index in [1.807, 2.05) is 13.8 Å². The summed E-state index contributed by atoms with van der Waals surface area (Å²) in [6, 6.07) is 12.6. The number of halogens is 2. The summed E-state index contributed by atoms with van der Waals surface area (Å²) in [6.07, 6.45) is 1.40. The Labute approximate surface area is 208 Å². The number of hydrogen-bond donors (Lipinski definition) is 2. The number of rotatable bonds is 11. The van der Waals surface area contributed by atoms with E-state index in [-0.39, 0.29) is 39.8 Å². The molecule has 0 aliphatic rings. The highest BCUT2D eigenvalue weighted by atomic mass is 19.1. The van der Waals surface area contributed by atoms with Crippen molar-refractivity contribution in [2.45, 2.75) is 26.7 Å². The molecule has 0 aromatic heterocycles. The predicted molar refractivity (Wildman–Crippen MR) is 133 cm³/mol. The fraction of sp³-hybridized carbons (Fsp3) is 0.259. The maximum atomic E-state index is 14.5. The molecule has 0 fully saturated rings. The van der Waals surface area contributed by atoms with E-state index in [1.165, 1.54) is 49.6 Å². The number of para-hydroxylation sites is 2. The smallest absolute Gasteiger partial charge is 0.259 e. The number of amides is 2. The van der Waals surface area contributed by atoms with Gasteiger partial charge in [-0.3, -0.25) is 9.59 Å². The van der Waals surface area contributed by atoms with Crippen LogP contribution in [0.5, 0.6) is 17.2 Å². The van der Waals surface area contributed by atoms with Gasteiger partial charge in [0, 0.05) is 5.56 Å². The summed E-state index contributed by atoms with van der Waals surface area (Å²) in [5.41, 5.74) is -0.203. The standard InChI is InChI=1S/C27H28F2N2O5/c1-4-14-35-22-10-6-8-19(28)24(22)30-26(32)17-12-13-21(34-3)18(16-17)27(33)31-25-20(29)9-7-11-23(25)36-15-5-2/h6-13,16H,4-5,14-15H2,1-3H3,(H,30,32)(H,31,33). The van der Waals surface area contributed by atoms with Gasteiger partial charge in [0.05, 0.1) is 25.9 Å². The van der Waals surface area contributed by atoms with Crippen molar-refractivity contribution >= 4 is 23.2 Å². The van der Waals surface area contributed by atoms with Gasteiger partial charge in [0.15, 0.2) is 11.6 Å². The van der Waals surface area contributed by atoms with Gasteiger partial charge in [0.1, 0.15) is 28.6 Å². The molecule has 7 nitrogen and oxygen atoms in total.